The average molecular weight is 421 g/mol. The summed E-state index contributed by atoms with van der Waals surface area (Å²) in [6.07, 6.45) is 5.36. The second-order valence-electron chi connectivity index (χ2n) is 7.21. The first kappa shape index (κ1) is 22.5. The number of aliphatic imine (C=N–C) groups is 1. The Hall–Kier alpha value is -0.780. The standard InChI is InChI=1S/C22H32N2S3/c1-6-14-26-21(25)24-15-22(8-3,9-4)16-27-20(24)23-19-13-11-10-12-18(19)17(5)7-2/h6,10-13,17H,1,7-9,14-16H2,2-5H3. The fraction of sp³-hybridized carbons (Fsp3) is 0.545. The van der Waals surface area contributed by atoms with Gasteiger partial charge in [0.1, 0.15) is 4.32 Å². The van der Waals surface area contributed by atoms with Crippen LogP contribution in [0.1, 0.15) is 58.4 Å². The molecule has 0 aliphatic carbocycles. The van der Waals surface area contributed by atoms with Crippen LogP contribution in [0.4, 0.5) is 5.69 Å². The SMILES string of the molecule is C=CCSC(=S)N1CC(CC)(CC)CSC1=Nc1ccccc1C(C)CC. The van der Waals surface area contributed by atoms with Crippen molar-refractivity contribution in [2.75, 3.05) is 18.1 Å². The lowest BCUT2D eigenvalue weighted by molar-refractivity contribution is 0.260. The van der Waals surface area contributed by atoms with Crippen LogP contribution in [0.3, 0.4) is 0 Å². The van der Waals surface area contributed by atoms with E-state index in [2.05, 4.69) is 63.4 Å². The molecule has 0 N–H and O–H groups in total. The molecule has 5 heteroatoms. The molecule has 0 bridgehead atoms. The number of rotatable bonds is 7. The Morgan fingerprint density at radius 2 is 2.07 bits per heavy atom. The lowest BCUT2D eigenvalue weighted by Gasteiger charge is -2.42. The van der Waals surface area contributed by atoms with E-state index in [4.69, 9.17) is 17.2 Å². The smallest absolute Gasteiger partial charge is 0.169 e. The average Bonchev–Trinajstić information content (AvgIpc) is 2.72. The summed E-state index contributed by atoms with van der Waals surface area (Å²) in [5.41, 5.74) is 2.70. The van der Waals surface area contributed by atoms with E-state index < -0.39 is 0 Å². The van der Waals surface area contributed by atoms with Crippen molar-refractivity contribution in [3.05, 3.63) is 42.5 Å². The Kier molecular flexibility index (Phi) is 8.90. The number of amidine groups is 1. The van der Waals surface area contributed by atoms with Crippen molar-refractivity contribution < 1.29 is 0 Å². The van der Waals surface area contributed by atoms with Crippen LogP contribution in [0.25, 0.3) is 0 Å². The maximum Gasteiger partial charge on any atom is 0.169 e. The first-order valence-electron chi connectivity index (χ1n) is 9.85. The predicted octanol–water partition coefficient (Wildman–Crippen LogP) is 7.25. The van der Waals surface area contributed by atoms with Crippen LogP contribution in [0.5, 0.6) is 0 Å². The zero-order valence-electron chi connectivity index (χ0n) is 17.0. The third-order valence-corrected chi connectivity index (χ3v) is 8.34. The van der Waals surface area contributed by atoms with E-state index in [0.29, 0.717) is 11.3 Å². The summed E-state index contributed by atoms with van der Waals surface area (Å²) in [4.78, 5) is 7.39. The summed E-state index contributed by atoms with van der Waals surface area (Å²) in [5.74, 6) is 2.44. The van der Waals surface area contributed by atoms with Crippen LogP contribution in [0, 0.1) is 5.41 Å². The molecule has 1 aliphatic rings. The molecule has 27 heavy (non-hydrogen) atoms. The minimum Gasteiger partial charge on any atom is -0.306 e. The molecule has 0 aromatic heterocycles. The molecule has 0 radical (unpaired) electrons. The zero-order valence-corrected chi connectivity index (χ0v) is 19.5. The lowest BCUT2D eigenvalue weighted by atomic mass is 9.84. The van der Waals surface area contributed by atoms with Crippen LogP contribution < -0.4 is 0 Å². The largest absolute Gasteiger partial charge is 0.306 e. The van der Waals surface area contributed by atoms with Gasteiger partial charge >= 0.3 is 0 Å². The van der Waals surface area contributed by atoms with E-state index in [1.165, 1.54) is 18.4 Å². The van der Waals surface area contributed by atoms with E-state index >= 15 is 0 Å². The Bertz CT molecular complexity index is 680. The van der Waals surface area contributed by atoms with Gasteiger partial charge in [-0.05, 0) is 42.2 Å². The molecular weight excluding hydrogens is 388 g/mol. The lowest BCUT2D eigenvalue weighted by Crippen LogP contribution is -2.47. The van der Waals surface area contributed by atoms with Gasteiger partial charge in [-0.1, -0.05) is 87.7 Å². The van der Waals surface area contributed by atoms with Crippen LogP contribution in [0.15, 0.2) is 41.9 Å². The molecule has 1 aromatic rings. The van der Waals surface area contributed by atoms with E-state index in [9.17, 15) is 0 Å². The van der Waals surface area contributed by atoms with Gasteiger partial charge < -0.3 is 4.90 Å². The van der Waals surface area contributed by atoms with Crippen molar-refractivity contribution in [3.63, 3.8) is 0 Å². The Labute approximate surface area is 179 Å². The number of thiocarbonyl (C=S) groups is 1. The molecule has 1 unspecified atom stereocenters. The summed E-state index contributed by atoms with van der Waals surface area (Å²) in [7, 11) is 0. The molecule has 1 aliphatic heterocycles. The van der Waals surface area contributed by atoms with Gasteiger partial charge in [0.05, 0.1) is 5.69 Å². The van der Waals surface area contributed by atoms with E-state index in [0.717, 1.165) is 39.6 Å². The normalized spacial score (nSPS) is 19.1. The number of hydrogen-bond donors (Lipinski definition) is 0. The minimum atomic E-state index is 0.304. The summed E-state index contributed by atoms with van der Waals surface area (Å²) < 4.78 is 0.910. The molecule has 1 heterocycles. The summed E-state index contributed by atoms with van der Waals surface area (Å²) in [6, 6.07) is 8.53. The highest BCUT2D eigenvalue weighted by Gasteiger charge is 2.37. The third-order valence-electron chi connectivity index (χ3n) is 5.57. The van der Waals surface area contributed by atoms with Gasteiger partial charge in [0, 0.05) is 18.1 Å². The number of benzene rings is 1. The fourth-order valence-corrected chi connectivity index (χ4v) is 5.64. The molecule has 1 atom stereocenters. The van der Waals surface area contributed by atoms with Gasteiger partial charge in [-0.15, -0.1) is 6.58 Å². The first-order chi connectivity index (χ1) is 13.0. The molecule has 0 amide bonds. The maximum absolute atomic E-state index is 5.79. The number of para-hydroxylation sites is 1. The Balaban J connectivity index is 2.39. The number of nitrogens with zero attached hydrogens (tertiary/aromatic N) is 2. The molecule has 2 rings (SSSR count). The number of hydrogen-bond acceptors (Lipinski definition) is 4. The molecule has 1 fully saturated rings. The molecule has 1 aromatic carbocycles. The molecule has 0 saturated carbocycles. The first-order valence-corrected chi connectivity index (χ1v) is 12.2. The zero-order chi connectivity index (χ0) is 19.9. The summed E-state index contributed by atoms with van der Waals surface area (Å²) >= 11 is 9.33. The van der Waals surface area contributed by atoms with E-state index in [1.54, 1.807) is 11.8 Å². The predicted molar refractivity (Wildman–Crippen MR) is 130 cm³/mol. The molecular formula is C22H32N2S3. The maximum atomic E-state index is 5.79. The minimum absolute atomic E-state index is 0.304. The van der Waals surface area contributed by atoms with Crippen molar-refractivity contribution in [3.8, 4) is 0 Å². The van der Waals surface area contributed by atoms with Gasteiger partial charge in [0.25, 0.3) is 0 Å². The Morgan fingerprint density at radius 1 is 1.37 bits per heavy atom. The molecule has 148 valence electrons. The van der Waals surface area contributed by atoms with Crippen molar-refractivity contribution in [1.29, 1.82) is 0 Å². The summed E-state index contributed by atoms with van der Waals surface area (Å²) in [6.45, 7) is 13.9. The van der Waals surface area contributed by atoms with Gasteiger partial charge in [0.15, 0.2) is 5.17 Å². The van der Waals surface area contributed by atoms with Gasteiger partial charge in [0.2, 0.25) is 0 Å². The monoisotopic (exact) mass is 420 g/mol. The highest BCUT2D eigenvalue weighted by atomic mass is 32.2. The Morgan fingerprint density at radius 3 is 2.70 bits per heavy atom. The van der Waals surface area contributed by atoms with Crippen molar-refractivity contribution in [2.24, 2.45) is 10.4 Å². The number of thioether (sulfide) groups is 2. The third kappa shape index (κ3) is 5.61. The van der Waals surface area contributed by atoms with Gasteiger partial charge in [-0.25, -0.2) is 4.99 Å². The van der Waals surface area contributed by atoms with E-state index in [-0.39, 0.29) is 0 Å². The van der Waals surface area contributed by atoms with Crippen LogP contribution >= 0.6 is 35.7 Å². The van der Waals surface area contributed by atoms with Crippen molar-refractivity contribution >= 4 is 50.9 Å². The highest BCUT2D eigenvalue weighted by molar-refractivity contribution is 8.23. The molecule has 0 spiro atoms. The fourth-order valence-electron chi connectivity index (χ4n) is 3.19. The van der Waals surface area contributed by atoms with Crippen LogP contribution in [-0.4, -0.2) is 32.4 Å². The summed E-state index contributed by atoms with van der Waals surface area (Å²) in [5, 5.41) is 1.05. The van der Waals surface area contributed by atoms with E-state index in [1.807, 2.05) is 17.8 Å². The van der Waals surface area contributed by atoms with Crippen LogP contribution in [-0.2, 0) is 0 Å². The van der Waals surface area contributed by atoms with Gasteiger partial charge in [-0.3, -0.25) is 0 Å². The van der Waals surface area contributed by atoms with Crippen molar-refractivity contribution in [2.45, 2.75) is 52.9 Å². The van der Waals surface area contributed by atoms with Gasteiger partial charge in [-0.2, -0.15) is 0 Å². The topological polar surface area (TPSA) is 15.6 Å². The molecule has 1 saturated heterocycles. The highest BCUT2D eigenvalue weighted by Crippen LogP contribution is 2.40. The van der Waals surface area contributed by atoms with Crippen molar-refractivity contribution in [1.82, 2.24) is 4.90 Å². The van der Waals surface area contributed by atoms with Crippen LogP contribution in [0.2, 0.25) is 0 Å². The second-order valence-corrected chi connectivity index (χ2v) is 9.81. The quantitative estimate of drug-likeness (QED) is 0.341. The second kappa shape index (κ2) is 10.7. The molecule has 2 nitrogen and oxygen atoms in total.